The standard InChI is InChI=1S/C32H31BO3/c1-30(2)31(3,4)36-33(35-30)22-23-19-20-27-29(21-23)34-28-18-12-11-17-26(28)32(27,24-13-7-5-8-14-24)25-15-9-6-10-16-25/h5-21H,22H2,1-4H3. The maximum Gasteiger partial charge on any atom is 0.462 e. The highest BCUT2D eigenvalue weighted by Gasteiger charge is 2.51. The molecular weight excluding hydrogens is 443 g/mol. The molecule has 0 spiro atoms. The average Bonchev–Trinajstić information content (AvgIpc) is 3.08. The molecule has 6 rings (SSSR count). The van der Waals surface area contributed by atoms with E-state index in [9.17, 15) is 0 Å². The highest BCUT2D eigenvalue weighted by atomic mass is 16.7. The van der Waals surface area contributed by atoms with E-state index in [0.29, 0.717) is 6.32 Å². The van der Waals surface area contributed by atoms with Gasteiger partial charge < -0.3 is 14.0 Å². The number of benzene rings is 4. The third-order valence-electron chi connectivity index (χ3n) is 8.08. The Hall–Kier alpha value is -3.34. The van der Waals surface area contributed by atoms with Gasteiger partial charge in [-0.05, 0) is 56.5 Å². The van der Waals surface area contributed by atoms with Gasteiger partial charge in [-0.25, -0.2) is 0 Å². The first kappa shape index (κ1) is 23.1. The maximum atomic E-state index is 6.58. The van der Waals surface area contributed by atoms with Crippen molar-refractivity contribution in [3.05, 3.63) is 131 Å². The largest absolute Gasteiger partial charge is 0.462 e. The van der Waals surface area contributed by atoms with Crippen LogP contribution < -0.4 is 4.74 Å². The van der Waals surface area contributed by atoms with Crippen LogP contribution in [-0.4, -0.2) is 18.3 Å². The van der Waals surface area contributed by atoms with Gasteiger partial charge in [0.1, 0.15) is 11.5 Å². The first-order valence-corrected chi connectivity index (χ1v) is 12.7. The van der Waals surface area contributed by atoms with E-state index >= 15 is 0 Å². The van der Waals surface area contributed by atoms with Crippen molar-refractivity contribution < 1.29 is 14.0 Å². The van der Waals surface area contributed by atoms with Gasteiger partial charge in [-0.1, -0.05) is 91.0 Å². The quantitative estimate of drug-likeness (QED) is 0.255. The summed E-state index contributed by atoms with van der Waals surface area (Å²) in [5.41, 5.74) is 4.65. The maximum absolute atomic E-state index is 6.58. The Morgan fingerprint density at radius 2 is 1.11 bits per heavy atom. The Labute approximate surface area is 214 Å². The minimum atomic E-state index is -0.491. The van der Waals surface area contributed by atoms with E-state index in [0.717, 1.165) is 28.2 Å². The fourth-order valence-electron chi connectivity index (χ4n) is 5.62. The molecule has 0 N–H and O–H groups in total. The van der Waals surface area contributed by atoms with Crippen molar-refractivity contribution in [2.45, 2.75) is 50.6 Å². The SMILES string of the molecule is CC1(C)OB(Cc2ccc3c(c2)Oc2ccccc2C3(c2ccccc2)c2ccccc2)OC1(C)C. The monoisotopic (exact) mass is 474 g/mol. The van der Waals surface area contributed by atoms with Gasteiger partial charge in [0, 0.05) is 17.4 Å². The van der Waals surface area contributed by atoms with Crippen LogP contribution in [0.15, 0.2) is 103 Å². The number of para-hydroxylation sites is 1. The lowest BCUT2D eigenvalue weighted by molar-refractivity contribution is 0.00578. The number of ether oxygens (including phenoxy) is 1. The number of hydrogen-bond donors (Lipinski definition) is 0. The molecule has 4 aromatic carbocycles. The second-order valence-electron chi connectivity index (χ2n) is 10.8. The van der Waals surface area contributed by atoms with Crippen molar-refractivity contribution in [2.24, 2.45) is 0 Å². The molecule has 3 nitrogen and oxygen atoms in total. The summed E-state index contributed by atoms with van der Waals surface area (Å²) in [6.45, 7) is 8.36. The Balaban J connectivity index is 1.51. The molecule has 0 atom stereocenters. The Morgan fingerprint density at radius 3 is 1.72 bits per heavy atom. The molecule has 0 saturated carbocycles. The predicted octanol–water partition coefficient (Wildman–Crippen LogP) is 7.35. The van der Waals surface area contributed by atoms with Crippen LogP contribution in [0.5, 0.6) is 11.5 Å². The molecule has 0 aromatic heterocycles. The van der Waals surface area contributed by atoms with E-state index in [2.05, 4.69) is 125 Å². The molecule has 1 fully saturated rings. The second-order valence-corrected chi connectivity index (χ2v) is 10.8. The zero-order valence-corrected chi connectivity index (χ0v) is 21.3. The van der Waals surface area contributed by atoms with Crippen LogP contribution in [0, 0.1) is 0 Å². The first-order chi connectivity index (χ1) is 17.3. The predicted molar refractivity (Wildman–Crippen MR) is 145 cm³/mol. The van der Waals surface area contributed by atoms with E-state index in [1.807, 2.05) is 6.07 Å². The highest BCUT2D eigenvalue weighted by Crippen LogP contribution is 2.55. The molecule has 4 heteroatoms. The summed E-state index contributed by atoms with van der Waals surface area (Å²) in [6.07, 6.45) is 0.662. The summed E-state index contributed by atoms with van der Waals surface area (Å²) >= 11 is 0. The van der Waals surface area contributed by atoms with E-state index < -0.39 is 5.41 Å². The fourth-order valence-corrected chi connectivity index (χ4v) is 5.62. The van der Waals surface area contributed by atoms with Gasteiger partial charge in [-0.2, -0.15) is 0 Å². The molecule has 0 unspecified atom stereocenters. The molecule has 1 saturated heterocycles. The van der Waals surface area contributed by atoms with Gasteiger partial charge >= 0.3 is 7.12 Å². The van der Waals surface area contributed by atoms with Crippen molar-refractivity contribution in [1.82, 2.24) is 0 Å². The van der Waals surface area contributed by atoms with Crippen molar-refractivity contribution in [1.29, 1.82) is 0 Å². The minimum Gasteiger partial charge on any atom is -0.457 e. The summed E-state index contributed by atoms with van der Waals surface area (Å²) < 4.78 is 19.2. The van der Waals surface area contributed by atoms with Gasteiger partial charge in [0.05, 0.1) is 16.6 Å². The first-order valence-electron chi connectivity index (χ1n) is 12.7. The topological polar surface area (TPSA) is 27.7 Å². The van der Waals surface area contributed by atoms with Crippen LogP contribution in [0.2, 0.25) is 0 Å². The summed E-state index contributed by atoms with van der Waals surface area (Å²) in [6, 6.07) is 36.5. The summed E-state index contributed by atoms with van der Waals surface area (Å²) in [5.74, 6) is 1.75. The molecule has 0 bridgehead atoms. The third kappa shape index (κ3) is 3.51. The zero-order chi connectivity index (χ0) is 25.0. The molecule has 0 radical (unpaired) electrons. The van der Waals surface area contributed by atoms with E-state index in [-0.39, 0.29) is 18.3 Å². The summed E-state index contributed by atoms with van der Waals surface area (Å²) in [7, 11) is -0.295. The smallest absolute Gasteiger partial charge is 0.457 e. The lowest BCUT2D eigenvalue weighted by Gasteiger charge is -2.41. The van der Waals surface area contributed by atoms with Crippen LogP contribution in [0.1, 0.15) is 55.5 Å². The van der Waals surface area contributed by atoms with Crippen molar-refractivity contribution >= 4 is 7.12 Å². The lowest BCUT2D eigenvalue weighted by atomic mass is 9.63. The minimum absolute atomic E-state index is 0.295. The highest BCUT2D eigenvalue weighted by molar-refractivity contribution is 6.45. The summed E-state index contributed by atoms with van der Waals surface area (Å²) in [4.78, 5) is 0. The van der Waals surface area contributed by atoms with Gasteiger partial charge in [-0.3, -0.25) is 0 Å². The van der Waals surface area contributed by atoms with Gasteiger partial charge in [-0.15, -0.1) is 0 Å². The normalized spacial score (nSPS) is 18.7. The molecule has 36 heavy (non-hydrogen) atoms. The van der Waals surface area contributed by atoms with Crippen molar-refractivity contribution in [3.63, 3.8) is 0 Å². The third-order valence-corrected chi connectivity index (χ3v) is 8.08. The Morgan fingerprint density at radius 1 is 0.583 bits per heavy atom. The van der Waals surface area contributed by atoms with Crippen LogP contribution in [-0.2, 0) is 21.0 Å². The van der Waals surface area contributed by atoms with Crippen LogP contribution >= 0.6 is 0 Å². The number of fused-ring (bicyclic) bond motifs is 2. The molecule has 2 heterocycles. The van der Waals surface area contributed by atoms with Crippen LogP contribution in [0.3, 0.4) is 0 Å². The molecule has 4 aromatic rings. The number of hydrogen-bond acceptors (Lipinski definition) is 3. The Bertz CT molecular complexity index is 1340. The van der Waals surface area contributed by atoms with Crippen molar-refractivity contribution in [3.8, 4) is 11.5 Å². The van der Waals surface area contributed by atoms with Crippen LogP contribution in [0.25, 0.3) is 0 Å². The average molecular weight is 474 g/mol. The lowest BCUT2D eigenvalue weighted by Crippen LogP contribution is -2.41. The van der Waals surface area contributed by atoms with Gasteiger partial charge in [0.25, 0.3) is 0 Å². The molecule has 0 aliphatic carbocycles. The van der Waals surface area contributed by atoms with E-state index in [1.165, 1.54) is 11.1 Å². The molecular formula is C32H31BO3. The number of rotatable bonds is 4. The molecule has 180 valence electrons. The van der Waals surface area contributed by atoms with Crippen LogP contribution in [0.4, 0.5) is 0 Å². The Kier molecular flexibility index (Phi) is 5.36. The summed E-state index contributed by atoms with van der Waals surface area (Å²) in [5, 5.41) is 0. The molecule has 2 aliphatic heterocycles. The molecule has 0 amide bonds. The fraction of sp³-hybridized carbons (Fsp3) is 0.250. The molecule has 2 aliphatic rings. The van der Waals surface area contributed by atoms with Gasteiger partial charge in [0.15, 0.2) is 0 Å². The second kappa shape index (κ2) is 8.36. The van der Waals surface area contributed by atoms with E-state index in [4.69, 9.17) is 14.0 Å². The van der Waals surface area contributed by atoms with Gasteiger partial charge in [0.2, 0.25) is 0 Å². The zero-order valence-electron chi connectivity index (χ0n) is 21.3. The van der Waals surface area contributed by atoms with Crippen molar-refractivity contribution in [2.75, 3.05) is 0 Å². The van der Waals surface area contributed by atoms with E-state index in [1.54, 1.807) is 0 Å².